The van der Waals surface area contributed by atoms with Crippen LogP contribution in [0.5, 0.6) is 0 Å². The molecule has 1 aromatic heterocycles. The lowest BCUT2D eigenvalue weighted by Gasteiger charge is -2.12. The molecule has 0 saturated carbocycles. The molecular formula is C9H5F5N2. The Morgan fingerprint density at radius 2 is 1.94 bits per heavy atom. The third kappa shape index (κ3) is 2.27. The second-order valence-electron chi connectivity index (χ2n) is 2.97. The zero-order valence-electron chi connectivity index (χ0n) is 7.94. The van der Waals surface area contributed by atoms with E-state index in [2.05, 4.69) is 4.98 Å². The molecule has 0 aromatic carbocycles. The van der Waals surface area contributed by atoms with E-state index >= 15 is 0 Å². The first-order chi connectivity index (χ1) is 7.27. The van der Waals surface area contributed by atoms with E-state index in [0.717, 1.165) is 6.92 Å². The quantitative estimate of drug-likeness (QED) is 0.702. The van der Waals surface area contributed by atoms with Crippen LogP contribution < -0.4 is 0 Å². The molecule has 0 N–H and O–H groups in total. The molecule has 0 aliphatic heterocycles. The third-order valence-electron chi connectivity index (χ3n) is 1.89. The van der Waals surface area contributed by atoms with Gasteiger partial charge >= 0.3 is 6.18 Å². The van der Waals surface area contributed by atoms with Crippen LogP contribution in [0.15, 0.2) is 6.07 Å². The lowest BCUT2D eigenvalue weighted by atomic mass is 10.1. The van der Waals surface area contributed by atoms with Crippen LogP contribution in [-0.4, -0.2) is 4.98 Å². The van der Waals surface area contributed by atoms with Gasteiger partial charge in [-0.1, -0.05) is 0 Å². The van der Waals surface area contributed by atoms with Crippen LogP contribution in [0.4, 0.5) is 22.0 Å². The van der Waals surface area contributed by atoms with Gasteiger partial charge in [0.15, 0.2) is 0 Å². The summed E-state index contributed by atoms with van der Waals surface area (Å²) in [5.41, 5.74) is -3.42. The lowest BCUT2D eigenvalue weighted by Crippen LogP contribution is -2.11. The molecule has 0 aliphatic carbocycles. The number of nitrogens with zero attached hydrogens (tertiary/aromatic N) is 2. The number of rotatable bonds is 1. The van der Waals surface area contributed by atoms with Gasteiger partial charge in [0.25, 0.3) is 6.43 Å². The highest BCUT2D eigenvalue weighted by Gasteiger charge is 2.35. The van der Waals surface area contributed by atoms with Gasteiger partial charge in [-0.15, -0.1) is 0 Å². The highest BCUT2D eigenvalue weighted by Crippen LogP contribution is 2.34. The van der Waals surface area contributed by atoms with Crippen LogP contribution in [0.25, 0.3) is 0 Å². The van der Waals surface area contributed by atoms with Gasteiger partial charge in [-0.2, -0.15) is 18.4 Å². The molecular weight excluding hydrogens is 231 g/mol. The fourth-order valence-corrected chi connectivity index (χ4v) is 1.16. The van der Waals surface area contributed by atoms with E-state index in [1.807, 2.05) is 0 Å². The first kappa shape index (κ1) is 12.4. The SMILES string of the molecule is Cc1nc(C#N)c(C(F)F)cc1C(F)(F)F. The fourth-order valence-electron chi connectivity index (χ4n) is 1.16. The van der Waals surface area contributed by atoms with Crippen molar-refractivity contribution in [2.24, 2.45) is 0 Å². The maximum atomic E-state index is 12.4. The van der Waals surface area contributed by atoms with Gasteiger partial charge in [-0.3, -0.25) is 0 Å². The van der Waals surface area contributed by atoms with Crippen molar-refractivity contribution in [3.05, 3.63) is 28.6 Å². The highest BCUT2D eigenvalue weighted by molar-refractivity contribution is 5.38. The predicted molar refractivity (Wildman–Crippen MR) is 43.6 cm³/mol. The first-order valence-corrected chi connectivity index (χ1v) is 4.04. The summed E-state index contributed by atoms with van der Waals surface area (Å²) in [6.45, 7) is 1.01. The summed E-state index contributed by atoms with van der Waals surface area (Å²) in [5.74, 6) is 0. The number of hydrogen-bond acceptors (Lipinski definition) is 2. The predicted octanol–water partition coefficient (Wildman–Crippen LogP) is 3.22. The van der Waals surface area contributed by atoms with Gasteiger partial charge in [0.2, 0.25) is 0 Å². The van der Waals surface area contributed by atoms with Gasteiger partial charge in [0, 0.05) is 0 Å². The van der Waals surface area contributed by atoms with Crippen LogP contribution in [0, 0.1) is 18.3 Å². The second kappa shape index (κ2) is 4.04. The number of pyridine rings is 1. The highest BCUT2D eigenvalue weighted by atomic mass is 19.4. The van der Waals surface area contributed by atoms with Crippen LogP contribution in [0.3, 0.4) is 0 Å². The molecule has 86 valence electrons. The van der Waals surface area contributed by atoms with Crippen LogP contribution in [0.1, 0.15) is 28.9 Å². The molecule has 0 atom stereocenters. The Morgan fingerprint density at radius 3 is 2.31 bits per heavy atom. The van der Waals surface area contributed by atoms with E-state index in [1.54, 1.807) is 0 Å². The van der Waals surface area contributed by atoms with Crippen molar-refractivity contribution in [2.75, 3.05) is 0 Å². The number of aromatic nitrogens is 1. The van der Waals surface area contributed by atoms with Crippen molar-refractivity contribution in [3.63, 3.8) is 0 Å². The molecule has 1 heterocycles. The maximum absolute atomic E-state index is 12.4. The van der Waals surface area contributed by atoms with E-state index < -0.39 is 35.1 Å². The van der Waals surface area contributed by atoms with Gasteiger partial charge in [-0.25, -0.2) is 13.8 Å². The molecule has 0 spiro atoms. The Labute approximate surface area is 87.3 Å². The summed E-state index contributed by atoms with van der Waals surface area (Å²) < 4.78 is 61.8. The average molecular weight is 236 g/mol. The molecule has 2 nitrogen and oxygen atoms in total. The molecule has 16 heavy (non-hydrogen) atoms. The zero-order valence-corrected chi connectivity index (χ0v) is 7.94. The van der Waals surface area contributed by atoms with Crippen LogP contribution in [0.2, 0.25) is 0 Å². The van der Waals surface area contributed by atoms with E-state index in [9.17, 15) is 22.0 Å². The summed E-state index contributed by atoms with van der Waals surface area (Å²) in [5, 5.41) is 8.46. The maximum Gasteiger partial charge on any atom is 0.418 e. The van der Waals surface area contributed by atoms with E-state index in [0.29, 0.717) is 0 Å². The van der Waals surface area contributed by atoms with Gasteiger partial charge in [0.05, 0.1) is 16.8 Å². The molecule has 0 bridgehead atoms. The molecule has 0 unspecified atom stereocenters. The number of halogens is 5. The number of alkyl halides is 5. The molecule has 1 rings (SSSR count). The zero-order chi connectivity index (χ0) is 12.5. The Morgan fingerprint density at radius 1 is 1.38 bits per heavy atom. The summed E-state index contributed by atoms with van der Waals surface area (Å²) in [6.07, 6.45) is -7.92. The normalized spacial score (nSPS) is 11.6. The van der Waals surface area contributed by atoms with Crippen molar-refractivity contribution < 1.29 is 22.0 Å². The van der Waals surface area contributed by atoms with Crippen LogP contribution in [-0.2, 0) is 6.18 Å². The van der Waals surface area contributed by atoms with Crippen molar-refractivity contribution in [1.29, 1.82) is 5.26 Å². The Bertz CT molecular complexity index is 444. The monoisotopic (exact) mass is 236 g/mol. The molecule has 1 aromatic rings. The Kier molecular flexibility index (Phi) is 3.12. The van der Waals surface area contributed by atoms with Crippen molar-refractivity contribution >= 4 is 0 Å². The summed E-state index contributed by atoms with van der Waals surface area (Å²) >= 11 is 0. The van der Waals surface area contributed by atoms with Crippen LogP contribution >= 0.6 is 0 Å². The molecule has 0 radical (unpaired) electrons. The van der Waals surface area contributed by atoms with Gasteiger partial charge < -0.3 is 0 Å². The summed E-state index contributed by atoms with van der Waals surface area (Å²) in [7, 11) is 0. The summed E-state index contributed by atoms with van der Waals surface area (Å²) in [4.78, 5) is 3.22. The standard InChI is InChI=1S/C9H5F5N2/c1-4-6(9(12,13)14)2-5(8(10)11)7(3-15)16-4/h2,8H,1H3. The molecule has 0 fully saturated rings. The average Bonchev–Trinajstić information content (AvgIpc) is 2.14. The van der Waals surface area contributed by atoms with Gasteiger partial charge in [0.1, 0.15) is 11.8 Å². The first-order valence-electron chi connectivity index (χ1n) is 4.04. The minimum absolute atomic E-state index is 0.269. The number of aryl methyl sites for hydroxylation is 1. The minimum Gasteiger partial charge on any atom is -0.241 e. The summed E-state index contributed by atoms with van der Waals surface area (Å²) in [6, 6.07) is 1.61. The minimum atomic E-state index is -4.76. The second-order valence-corrected chi connectivity index (χ2v) is 2.97. The largest absolute Gasteiger partial charge is 0.418 e. The number of nitriles is 1. The van der Waals surface area contributed by atoms with E-state index in [1.165, 1.54) is 6.07 Å². The molecule has 0 aliphatic rings. The van der Waals surface area contributed by atoms with Crippen molar-refractivity contribution in [1.82, 2.24) is 4.98 Å². The Balaban J connectivity index is 3.47. The topological polar surface area (TPSA) is 36.7 Å². The van der Waals surface area contributed by atoms with E-state index in [-0.39, 0.29) is 6.07 Å². The smallest absolute Gasteiger partial charge is 0.241 e. The Hall–Kier alpha value is -1.71. The third-order valence-corrected chi connectivity index (χ3v) is 1.89. The van der Waals surface area contributed by atoms with Gasteiger partial charge in [-0.05, 0) is 13.0 Å². The molecule has 0 amide bonds. The van der Waals surface area contributed by atoms with E-state index in [4.69, 9.17) is 5.26 Å². The fraction of sp³-hybridized carbons (Fsp3) is 0.333. The van der Waals surface area contributed by atoms with Crippen molar-refractivity contribution in [2.45, 2.75) is 19.5 Å². The molecule has 0 saturated heterocycles. The number of hydrogen-bond donors (Lipinski definition) is 0. The molecule has 7 heteroatoms. The lowest BCUT2D eigenvalue weighted by molar-refractivity contribution is -0.138. The van der Waals surface area contributed by atoms with Crippen molar-refractivity contribution in [3.8, 4) is 6.07 Å².